The highest BCUT2D eigenvalue weighted by molar-refractivity contribution is 6.00. The van der Waals surface area contributed by atoms with Crippen LogP contribution in [-0.2, 0) is 0 Å². The van der Waals surface area contributed by atoms with Crippen LogP contribution in [0.3, 0.4) is 0 Å². The van der Waals surface area contributed by atoms with Crippen LogP contribution in [0, 0.1) is 0 Å². The van der Waals surface area contributed by atoms with E-state index in [0.29, 0.717) is 28.8 Å². The molecule has 28 heavy (non-hydrogen) atoms. The summed E-state index contributed by atoms with van der Waals surface area (Å²) in [4.78, 5) is 16.8. The summed E-state index contributed by atoms with van der Waals surface area (Å²) in [5.74, 6) is 1.77. The number of rotatable bonds is 3. The fourth-order valence-electron chi connectivity index (χ4n) is 2.99. The molecule has 2 N–H and O–H groups in total. The molecular weight excluding hydrogens is 358 g/mol. The van der Waals surface area contributed by atoms with E-state index in [1.54, 1.807) is 24.3 Å². The van der Waals surface area contributed by atoms with Gasteiger partial charge in [-0.2, -0.15) is 0 Å². The van der Waals surface area contributed by atoms with Gasteiger partial charge in [-0.3, -0.25) is 0 Å². The van der Waals surface area contributed by atoms with E-state index >= 15 is 0 Å². The Balaban J connectivity index is 1.32. The summed E-state index contributed by atoms with van der Waals surface area (Å²) in [6, 6.07) is 19.7. The molecule has 0 aliphatic carbocycles. The summed E-state index contributed by atoms with van der Waals surface area (Å²) in [6.07, 6.45) is 0. The number of nitrogens with one attached hydrogen (secondary N) is 2. The van der Waals surface area contributed by atoms with Crippen molar-refractivity contribution in [2.75, 3.05) is 17.4 Å². The fraction of sp³-hybridized carbons (Fsp3) is 0.0476. The smallest absolute Gasteiger partial charge is 0.323 e. The lowest BCUT2D eigenvalue weighted by Crippen LogP contribution is -2.19. The Kier molecular flexibility index (Phi) is 3.83. The maximum absolute atomic E-state index is 12.3. The molecule has 0 saturated heterocycles. The number of benzene rings is 3. The topological polar surface area (TPSA) is 85.6 Å². The second-order valence-electron chi connectivity index (χ2n) is 6.21. The second kappa shape index (κ2) is 6.62. The number of oxazole rings is 1. The number of carbonyl (C=O) groups is 1. The minimum absolute atomic E-state index is 0.188. The first kappa shape index (κ1) is 16.2. The molecule has 0 atom stereocenters. The third kappa shape index (κ3) is 3.09. The van der Waals surface area contributed by atoms with Crippen LogP contribution in [0.4, 0.5) is 16.2 Å². The summed E-state index contributed by atoms with van der Waals surface area (Å²) < 4.78 is 16.4. The largest absolute Gasteiger partial charge is 0.454 e. The molecule has 4 aromatic rings. The molecule has 0 bridgehead atoms. The van der Waals surface area contributed by atoms with E-state index < -0.39 is 0 Å². The van der Waals surface area contributed by atoms with Gasteiger partial charge < -0.3 is 24.5 Å². The summed E-state index contributed by atoms with van der Waals surface area (Å²) >= 11 is 0. The highest BCUT2D eigenvalue weighted by Gasteiger charge is 2.14. The van der Waals surface area contributed by atoms with Gasteiger partial charge in [-0.1, -0.05) is 18.2 Å². The molecular formula is C21H15N3O4. The van der Waals surface area contributed by atoms with Crippen LogP contribution in [0.25, 0.3) is 22.6 Å². The molecule has 1 aliphatic rings. The Labute approximate surface area is 159 Å². The van der Waals surface area contributed by atoms with Crippen LogP contribution in [0.15, 0.2) is 71.1 Å². The van der Waals surface area contributed by atoms with Crippen molar-refractivity contribution in [3.05, 3.63) is 66.7 Å². The van der Waals surface area contributed by atoms with Gasteiger partial charge in [0.25, 0.3) is 0 Å². The summed E-state index contributed by atoms with van der Waals surface area (Å²) in [5.41, 5.74) is 3.51. The fourth-order valence-corrected chi connectivity index (χ4v) is 2.99. The highest BCUT2D eigenvalue weighted by atomic mass is 16.7. The number of urea groups is 1. The van der Waals surface area contributed by atoms with Crippen molar-refractivity contribution in [2.24, 2.45) is 0 Å². The predicted molar refractivity (Wildman–Crippen MR) is 105 cm³/mol. The van der Waals surface area contributed by atoms with E-state index in [0.717, 1.165) is 16.7 Å². The molecule has 1 aromatic heterocycles. The highest BCUT2D eigenvalue weighted by Crippen LogP contribution is 2.34. The zero-order chi connectivity index (χ0) is 18.9. The minimum Gasteiger partial charge on any atom is -0.454 e. The Bertz CT molecular complexity index is 1150. The molecule has 0 spiro atoms. The van der Waals surface area contributed by atoms with E-state index in [2.05, 4.69) is 15.6 Å². The quantitative estimate of drug-likeness (QED) is 0.535. The minimum atomic E-state index is -0.367. The lowest BCUT2D eigenvalue weighted by Gasteiger charge is -2.09. The van der Waals surface area contributed by atoms with Crippen molar-refractivity contribution in [1.82, 2.24) is 4.98 Å². The van der Waals surface area contributed by atoms with Crippen molar-refractivity contribution in [3.63, 3.8) is 0 Å². The molecule has 7 heteroatoms. The number of para-hydroxylation sites is 2. The Hall–Kier alpha value is -4.00. The van der Waals surface area contributed by atoms with E-state index in [1.165, 1.54) is 0 Å². The molecule has 0 radical (unpaired) electrons. The molecule has 3 aromatic carbocycles. The number of ether oxygens (including phenoxy) is 2. The van der Waals surface area contributed by atoms with Crippen molar-refractivity contribution in [2.45, 2.75) is 0 Å². The van der Waals surface area contributed by atoms with Gasteiger partial charge >= 0.3 is 6.03 Å². The first-order valence-corrected chi connectivity index (χ1v) is 8.68. The van der Waals surface area contributed by atoms with E-state index in [1.807, 2.05) is 42.5 Å². The number of amides is 2. The standard InChI is InChI=1S/C21H15N3O4/c25-21(23-15-8-9-18-19(11-15)27-12-26-18)22-14-5-3-4-13(10-14)20-24-16-6-1-2-7-17(16)28-20/h1-11H,12H2,(H2,22,23,25). The molecule has 2 heterocycles. The van der Waals surface area contributed by atoms with Crippen LogP contribution >= 0.6 is 0 Å². The van der Waals surface area contributed by atoms with Crippen molar-refractivity contribution < 1.29 is 18.7 Å². The Morgan fingerprint density at radius 1 is 0.857 bits per heavy atom. The summed E-state index contributed by atoms with van der Waals surface area (Å²) in [7, 11) is 0. The molecule has 0 unspecified atom stereocenters. The van der Waals surface area contributed by atoms with Crippen LogP contribution < -0.4 is 20.1 Å². The molecule has 0 fully saturated rings. The van der Waals surface area contributed by atoms with Gasteiger partial charge in [0.1, 0.15) is 5.52 Å². The third-order valence-corrected chi connectivity index (χ3v) is 4.29. The first-order chi connectivity index (χ1) is 13.7. The Morgan fingerprint density at radius 2 is 1.68 bits per heavy atom. The predicted octanol–water partition coefficient (Wildman–Crippen LogP) is 4.87. The molecule has 1 aliphatic heterocycles. The zero-order valence-corrected chi connectivity index (χ0v) is 14.6. The molecule has 5 rings (SSSR count). The van der Waals surface area contributed by atoms with E-state index in [9.17, 15) is 4.79 Å². The van der Waals surface area contributed by atoms with Gasteiger partial charge in [-0.15, -0.1) is 0 Å². The number of hydrogen-bond acceptors (Lipinski definition) is 5. The number of anilines is 2. The maximum atomic E-state index is 12.3. The summed E-state index contributed by atoms with van der Waals surface area (Å²) in [6.45, 7) is 0.188. The average molecular weight is 373 g/mol. The number of fused-ring (bicyclic) bond motifs is 2. The second-order valence-corrected chi connectivity index (χ2v) is 6.21. The monoisotopic (exact) mass is 373 g/mol. The lowest BCUT2D eigenvalue weighted by molar-refractivity contribution is 0.174. The lowest BCUT2D eigenvalue weighted by atomic mass is 10.2. The van der Waals surface area contributed by atoms with Gasteiger partial charge in [0.15, 0.2) is 17.1 Å². The Morgan fingerprint density at radius 3 is 2.57 bits per heavy atom. The van der Waals surface area contributed by atoms with Gasteiger partial charge in [0.2, 0.25) is 12.7 Å². The molecule has 7 nitrogen and oxygen atoms in total. The van der Waals surface area contributed by atoms with E-state index in [4.69, 9.17) is 13.9 Å². The first-order valence-electron chi connectivity index (χ1n) is 8.68. The van der Waals surface area contributed by atoms with Gasteiger partial charge in [0.05, 0.1) is 0 Å². The summed E-state index contributed by atoms with van der Waals surface area (Å²) in [5, 5.41) is 5.59. The maximum Gasteiger partial charge on any atom is 0.323 e. The number of aromatic nitrogens is 1. The zero-order valence-electron chi connectivity index (χ0n) is 14.6. The SMILES string of the molecule is O=C(Nc1cccc(-c2nc3ccccc3o2)c1)Nc1ccc2c(c1)OCO2. The van der Waals surface area contributed by atoms with Crippen molar-refractivity contribution >= 4 is 28.5 Å². The molecule has 138 valence electrons. The van der Waals surface area contributed by atoms with Gasteiger partial charge in [-0.05, 0) is 42.5 Å². The number of carbonyl (C=O) groups excluding carboxylic acids is 1. The average Bonchev–Trinajstić information content (AvgIpc) is 3.34. The van der Waals surface area contributed by atoms with Crippen LogP contribution in [0.2, 0.25) is 0 Å². The van der Waals surface area contributed by atoms with Crippen molar-refractivity contribution in [1.29, 1.82) is 0 Å². The normalized spacial score (nSPS) is 12.1. The molecule has 2 amide bonds. The van der Waals surface area contributed by atoms with E-state index in [-0.39, 0.29) is 12.8 Å². The van der Waals surface area contributed by atoms with Crippen LogP contribution in [-0.4, -0.2) is 17.8 Å². The van der Waals surface area contributed by atoms with Gasteiger partial charge in [0, 0.05) is 23.0 Å². The van der Waals surface area contributed by atoms with Gasteiger partial charge in [-0.25, -0.2) is 9.78 Å². The number of hydrogen-bond donors (Lipinski definition) is 2. The third-order valence-electron chi connectivity index (χ3n) is 4.29. The van der Waals surface area contributed by atoms with Crippen molar-refractivity contribution in [3.8, 4) is 23.0 Å². The van der Waals surface area contributed by atoms with Crippen LogP contribution in [0.1, 0.15) is 0 Å². The van der Waals surface area contributed by atoms with Crippen LogP contribution in [0.5, 0.6) is 11.5 Å². The number of nitrogens with zero attached hydrogens (tertiary/aromatic N) is 1. The molecule has 0 saturated carbocycles.